The van der Waals surface area contributed by atoms with Crippen LogP contribution in [0.4, 0.5) is 0 Å². The van der Waals surface area contributed by atoms with E-state index < -0.39 is 192 Å². The summed E-state index contributed by atoms with van der Waals surface area (Å²) in [5, 5.41) is 169. The Bertz CT molecular complexity index is 2020. The lowest BCUT2D eigenvalue weighted by Gasteiger charge is -2.52. The number of carbonyl (C=O) groups excluding carboxylic acids is 2. The Balaban J connectivity index is 1.53. The van der Waals surface area contributed by atoms with Crippen LogP contribution in [0.3, 0.4) is 0 Å². The topological polar surface area (TPSA) is 453 Å². The van der Waals surface area contributed by atoms with Crippen LogP contribution in [0, 0.1) is 0 Å². The molecule has 0 saturated carbocycles. The summed E-state index contributed by atoms with van der Waals surface area (Å²) in [6, 6.07) is -2.80. The molecule has 0 aliphatic carbocycles. The fourth-order valence-corrected chi connectivity index (χ4v) is 12.0. The second-order valence-electron chi connectivity index (χ2n) is 25.0. The summed E-state index contributed by atoms with van der Waals surface area (Å²) in [6.45, 7) is 0.730. The highest BCUT2D eigenvalue weighted by Gasteiger charge is 2.61. The summed E-state index contributed by atoms with van der Waals surface area (Å²) in [5.74, 6) is -6.54. The van der Waals surface area contributed by atoms with Gasteiger partial charge < -0.3 is 125 Å². The first kappa shape index (κ1) is 80.7. The van der Waals surface area contributed by atoms with Crippen molar-refractivity contribution >= 4 is 17.8 Å². The number of carbonyl (C=O) groups is 3. The molecule has 2 amide bonds. The SMILES string of the molecule is CCCCCCCCCCCCC/C=C/[C@@H](O)[C@H](CO[C@@H]1OC(CO)[C@@H](O[C@@H]2OC(CO)[C@H](O[C@@H]3OC(CO)[C@H](O)[C@H](O)C3NC(C)=O)[C@H](O[C@]3(C(=O)O)CC(O)[C@@H](O)C([C@H](O)[C@H](O)CO)O3)C2O)[C@H](O)C1O)NC(=O)CCCCCCCCCCCCCCC. The van der Waals surface area contributed by atoms with Gasteiger partial charge in [0.2, 0.25) is 11.8 Å². The first-order valence-corrected chi connectivity index (χ1v) is 33.6. The maximum absolute atomic E-state index is 13.5. The van der Waals surface area contributed by atoms with Crippen molar-refractivity contribution in [1.82, 2.24) is 10.6 Å². The molecule has 4 rings (SSSR count). The Morgan fingerprint density at radius 3 is 1.58 bits per heavy atom. The Hall–Kier alpha value is -2.73. The number of nitrogens with one attached hydrogen (secondary N) is 2. The monoisotopic (exact) mass is 1310 g/mol. The molecule has 0 aromatic carbocycles. The highest BCUT2D eigenvalue weighted by Crippen LogP contribution is 2.40. The van der Waals surface area contributed by atoms with E-state index >= 15 is 0 Å². The maximum atomic E-state index is 13.5. The summed E-state index contributed by atoms with van der Waals surface area (Å²) in [4.78, 5) is 39.2. The van der Waals surface area contributed by atoms with Gasteiger partial charge in [0.15, 0.2) is 18.9 Å². The second-order valence-corrected chi connectivity index (χ2v) is 25.0. The molecule has 91 heavy (non-hydrogen) atoms. The summed E-state index contributed by atoms with van der Waals surface area (Å²) in [6.07, 6.45) is -9.59. The zero-order valence-corrected chi connectivity index (χ0v) is 53.7. The minimum atomic E-state index is -3.27. The molecule has 28 heteroatoms. The predicted molar refractivity (Wildman–Crippen MR) is 325 cm³/mol. The van der Waals surface area contributed by atoms with Crippen molar-refractivity contribution in [2.75, 3.05) is 33.0 Å². The van der Waals surface area contributed by atoms with Gasteiger partial charge in [-0.15, -0.1) is 0 Å². The molecule has 4 aliphatic heterocycles. The molecule has 0 radical (unpaired) electrons. The fourth-order valence-electron chi connectivity index (χ4n) is 12.0. The molecule has 0 aromatic heterocycles. The fraction of sp³-hybridized carbons (Fsp3) is 0.921. The molecule has 8 unspecified atom stereocenters. The lowest BCUT2D eigenvalue weighted by molar-refractivity contribution is -0.403. The van der Waals surface area contributed by atoms with Gasteiger partial charge in [0.05, 0.1) is 51.3 Å². The largest absolute Gasteiger partial charge is 0.477 e. The Kier molecular flexibility index (Phi) is 38.5. The number of hydrogen-bond donors (Lipinski definition) is 17. The molecule has 4 saturated heterocycles. The third kappa shape index (κ3) is 25.7. The van der Waals surface area contributed by atoms with Gasteiger partial charge in [-0.3, -0.25) is 9.59 Å². The quantitative estimate of drug-likeness (QED) is 0.0286. The number of ether oxygens (including phenoxy) is 8. The van der Waals surface area contributed by atoms with Crippen molar-refractivity contribution in [2.45, 2.75) is 335 Å². The number of aliphatic hydroxyl groups is 14. The number of unbranched alkanes of at least 4 members (excludes halogenated alkanes) is 23. The van der Waals surface area contributed by atoms with Crippen molar-refractivity contribution in [3.05, 3.63) is 12.2 Å². The van der Waals surface area contributed by atoms with Gasteiger partial charge in [-0.2, -0.15) is 0 Å². The summed E-state index contributed by atoms with van der Waals surface area (Å²) in [7, 11) is 0. The number of carboxylic acids is 1. The van der Waals surface area contributed by atoms with Gasteiger partial charge in [0.1, 0.15) is 97.6 Å². The third-order valence-corrected chi connectivity index (χ3v) is 17.6. The van der Waals surface area contributed by atoms with Crippen molar-refractivity contribution in [3.63, 3.8) is 0 Å². The maximum Gasteiger partial charge on any atom is 0.364 e. The third-order valence-electron chi connectivity index (χ3n) is 17.6. The van der Waals surface area contributed by atoms with Crippen LogP contribution in [-0.2, 0) is 52.3 Å². The van der Waals surface area contributed by atoms with Crippen LogP contribution >= 0.6 is 0 Å². The smallest absolute Gasteiger partial charge is 0.364 e. The van der Waals surface area contributed by atoms with E-state index in [-0.39, 0.29) is 12.3 Å². The van der Waals surface area contributed by atoms with E-state index in [4.69, 9.17) is 37.9 Å². The van der Waals surface area contributed by atoms with Crippen LogP contribution in [-0.4, -0.2) is 268 Å². The van der Waals surface area contributed by atoms with E-state index in [0.29, 0.717) is 12.8 Å². The minimum absolute atomic E-state index is 0.165. The van der Waals surface area contributed by atoms with E-state index in [2.05, 4.69) is 24.5 Å². The van der Waals surface area contributed by atoms with Gasteiger partial charge in [-0.25, -0.2) is 4.79 Å². The van der Waals surface area contributed by atoms with Crippen LogP contribution < -0.4 is 10.6 Å². The van der Waals surface area contributed by atoms with E-state index in [1.54, 1.807) is 6.08 Å². The number of aliphatic hydroxyl groups excluding tert-OH is 14. The second kappa shape index (κ2) is 43.4. The number of aliphatic carboxylic acids is 1. The van der Waals surface area contributed by atoms with Crippen LogP contribution in [0.15, 0.2) is 12.2 Å². The molecular formula is C63H114N2O26. The Morgan fingerprint density at radius 2 is 1.07 bits per heavy atom. The highest BCUT2D eigenvalue weighted by molar-refractivity contribution is 5.76. The summed E-state index contributed by atoms with van der Waals surface area (Å²) in [5.41, 5.74) is 0. The van der Waals surface area contributed by atoms with E-state index in [1.165, 1.54) is 96.3 Å². The van der Waals surface area contributed by atoms with Crippen molar-refractivity contribution in [3.8, 4) is 0 Å². The molecule has 4 heterocycles. The zero-order chi connectivity index (χ0) is 67.0. The van der Waals surface area contributed by atoms with Crippen molar-refractivity contribution in [2.24, 2.45) is 0 Å². The van der Waals surface area contributed by atoms with Crippen molar-refractivity contribution in [1.29, 1.82) is 0 Å². The molecular weight excluding hydrogens is 1200 g/mol. The van der Waals surface area contributed by atoms with Gasteiger partial charge >= 0.3 is 5.97 Å². The van der Waals surface area contributed by atoms with Crippen LogP contribution in [0.5, 0.6) is 0 Å². The number of allylic oxidation sites excluding steroid dienone is 1. The molecule has 0 aromatic rings. The average molecular weight is 1320 g/mol. The standard InChI is InChI=1S/C63H114N2O26/c1-4-6-8-10-12-14-16-18-20-22-24-26-28-30-40(71)39(65-46(74)31-29-27-25-23-21-19-17-15-13-11-9-7-5-2)37-84-60-53(80)52(79)55(44(35-68)86-60)88-61-54(81)58(91-63(62(82)83)32-41(72)48(75)57(90-63)49(76)42(73)33-66)56(45(36-69)87-61)89-59-47(64-38(3)70)51(78)50(77)43(34-67)85-59/h28,30,39-45,47-61,66-69,71-73,75-81H,4-27,29,31-37H2,1-3H3,(H,64,70)(H,65,74)(H,82,83)/b30-28+/t39-,40+,41?,42+,43?,44?,45?,47?,48+,49+,50-,51+,52+,53?,54?,55+,56-,57?,58+,59-,60+,61-,63-/m0/s1. The lowest BCUT2D eigenvalue weighted by atomic mass is 9.90. The summed E-state index contributed by atoms with van der Waals surface area (Å²) < 4.78 is 47.3. The molecule has 23 atom stereocenters. The molecule has 4 aliphatic rings. The first-order valence-electron chi connectivity index (χ1n) is 33.6. The van der Waals surface area contributed by atoms with Gasteiger partial charge in [-0.05, 0) is 19.3 Å². The van der Waals surface area contributed by atoms with Crippen LogP contribution in [0.1, 0.15) is 194 Å². The summed E-state index contributed by atoms with van der Waals surface area (Å²) >= 11 is 0. The minimum Gasteiger partial charge on any atom is -0.477 e. The zero-order valence-electron chi connectivity index (χ0n) is 53.7. The number of carboxylic acid groups (broad SMARTS) is 1. The van der Waals surface area contributed by atoms with Crippen LogP contribution in [0.25, 0.3) is 0 Å². The molecule has 0 bridgehead atoms. The van der Waals surface area contributed by atoms with E-state index in [1.807, 2.05) is 6.08 Å². The number of hydrogen-bond acceptors (Lipinski definition) is 25. The Morgan fingerprint density at radius 1 is 0.571 bits per heavy atom. The average Bonchev–Trinajstić information content (AvgIpc) is 0.776. The number of amides is 2. The van der Waals surface area contributed by atoms with Gasteiger partial charge in [0.25, 0.3) is 5.79 Å². The molecule has 17 N–H and O–H groups in total. The predicted octanol–water partition coefficient (Wildman–Crippen LogP) is 0.209. The molecule has 4 fully saturated rings. The molecule has 532 valence electrons. The van der Waals surface area contributed by atoms with Gasteiger partial charge in [0, 0.05) is 19.8 Å². The highest BCUT2D eigenvalue weighted by atomic mass is 16.8. The molecule has 28 nitrogen and oxygen atoms in total. The normalized spacial score (nSPS) is 33.5. The number of rotatable bonds is 46. The lowest BCUT2D eigenvalue weighted by Crippen LogP contribution is -2.71. The van der Waals surface area contributed by atoms with Crippen LogP contribution in [0.2, 0.25) is 0 Å². The Labute approximate surface area is 535 Å². The van der Waals surface area contributed by atoms with E-state index in [9.17, 15) is 91.0 Å². The van der Waals surface area contributed by atoms with E-state index in [0.717, 1.165) is 58.3 Å². The first-order chi connectivity index (χ1) is 43.6. The van der Waals surface area contributed by atoms with Gasteiger partial charge in [-0.1, -0.05) is 167 Å². The molecule has 0 spiro atoms. The van der Waals surface area contributed by atoms with Crippen molar-refractivity contribution < 1.29 is 129 Å².